The van der Waals surface area contributed by atoms with Crippen LogP contribution in [0.5, 0.6) is 0 Å². The second-order valence-corrected chi connectivity index (χ2v) is 8.17. The van der Waals surface area contributed by atoms with Crippen LogP contribution in [-0.4, -0.2) is 37.3 Å². The molecule has 5 heteroatoms. The summed E-state index contributed by atoms with van der Waals surface area (Å²) in [5.41, 5.74) is 3.37. The molecule has 6 rings (SSSR count). The maximum absolute atomic E-state index is 6.31. The molecule has 0 aliphatic carbocycles. The molecule has 5 atom stereocenters. The number of rotatable bonds is 10. The van der Waals surface area contributed by atoms with Gasteiger partial charge in [-0.3, -0.25) is 0 Å². The molecular formula is C27H28O5. The Morgan fingerprint density at radius 2 is 1.06 bits per heavy atom. The van der Waals surface area contributed by atoms with Gasteiger partial charge in [-0.15, -0.1) is 0 Å². The van der Waals surface area contributed by atoms with Gasteiger partial charge in [0.2, 0.25) is 0 Å². The van der Waals surface area contributed by atoms with E-state index in [-0.39, 0.29) is 30.7 Å². The Labute approximate surface area is 188 Å². The van der Waals surface area contributed by atoms with E-state index in [9.17, 15) is 0 Å². The molecule has 5 nitrogen and oxygen atoms in total. The van der Waals surface area contributed by atoms with Crippen LogP contribution in [0.4, 0.5) is 0 Å². The highest BCUT2D eigenvalue weighted by Gasteiger charge is 2.57. The second-order valence-electron chi connectivity index (χ2n) is 8.17. The van der Waals surface area contributed by atoms with Gasteiger partial charge in [0, 0.05) is 0 Å². The smallest absolute Gasteiger partial charge is 0.187 e. The number of fused-ring (bicyclic) bond motifs is 2. The van der Waals surface area contributed by atoms with Crippen molar-refractivity contribution in [3.8, 4) is 0 Å². The minimum absolute atomic E-state index is 0.152. The molecule has 3 fully saturated rings. The molecule has 0 amide bonds. The molecule has 0 saturated carbocycles. The first-order valence-corrected chi connectivity index (χ1v) is 11.1. The van der Waals surface area contributed by atoms with E-state index in [1.54, 1.807) is 0 Å². The lowest BCUT2D eigenvalue weighted by molar-refractivity contribution is -0.421. The molecule has 3 aliphatic heterocycles. The van der Waals surface area contributed by atoms with Crippen molar-refractivity contribution >= 4 is 0 Å². The van der Waals surface area contributed by atoms with Gasteiger partial charge in [0.15, 0.2) is 6.29 Å². The van der Waals surface area contributed by atoms with Gasteiger partial charge in [-0.2, -0.15) is 0 Å². The Balaban J connectivity index is 1.21. The van der Waals surface area contributed by atoms with Crippen LogP contribution in [0, 0.1) is 0 Å². The predicted molar refractivity (Wildman–Crippen MR) is 120 cm³/mol. The highest BCUT2D eigenvalue weighted by atomic mass is 16.8. The summed E-state index contributed by atoms with van der Waals surface area (Å²) in [5, 5.41) is 0. The molecule has 3 aromatic carbocycles. The van der Waals surface area contributed by atoms with Gasteiger partial charge >= 0.3 is 0 Å². The Hall–Kier alpha value is -2.54. The molecule has 166 valence electrons. The number of benzene rings is 3. The molecule has 3 saturated heterocycles. The highest BCUT2D eigenvalue weighted by Crippen LogP contribution is 2.39. The molecule has 0 spiro atoms. The Morgan fingerprint density at radius 1 is 0.562 bits per heavy atom. The lowest BCUT2D eigenvalue weighted by atomic mass is 9.93. The fourth-order valence-corrected chi connectivity index (χ4v) is 4.12. The third-order valence-corrected chi connectivity index (χ3v) is 5.85. The second kappa shape index (κ2) is 10.4. The highest BCUT2D eigenvalue weighted by molar-refractivity contribution is 5.15. The first kappa shape index (κ1) is 21.3. The van der Waals surface area contributed by atoms with Crippen LogP contribution in [-0.2, 0) is 43.5 Å². The molecule has 3 heterocycles. The Kier molecular flexibility index (Phi) is 6.92. The number of hydrogen-bond donors (Lipinski definition) is 0. The summed E-state index contributed by atoms with van der Waals surface area (Å²) in [4.78, 5) is 0. The van der Waals surface area contributed by atoms with Crippen molar-refractivity contribution < 1.29 is 23.7 Å². The predicted octanol–water partition coefficient (Wildman–Crippen LogP) is 4.50. The topological polar surface area (TPSA) is 46.2 Å². The molecule has 2 bridgehead atoms. The summed E-state index contributed by atoms with van der Waals surface area (Å²) in [6, 6.07) is 30.4. The standard InChI is InChI=1S/C27H28O5/c1-4-10-20(11-5-1)16-28-19-23-24(29-17-21-12-6-2-7-13-21)25-26(27(31-23)32-25)30-18-22-14-8-3-9-15-22/h1-15,23-27H,16-19H2/t23-,24+,25+,26-,27+/m1/s1. The van der Waals surface area contributed by atoms with Crippen LogP contribution < -0.4 is 0 Å². The van der Waals surface area contributed by atoms with Crippen LogP contribution >= 0.6 is 0 Å². The Morgan fingerprint density at radius 3 is 1.62 bits per heavy atom. The zero-order valence-corrected chi connectivity index (χ0v) is 17.9. The quantitative estimate of drug-likeness (QED) is 0.472. The molecule has 32 heavy (non-hydrogen) atoms. The molecule has 0 N–H and O–H groups in total. The van der Waals surface area contributed by atoms with E-state index in [4.69, 9.17) is 23.7 Å². The van der Waals surface area contributed by atoms with E-state index < -0.39 is 0 Å². The molecular weight excluding hydrogens is 404 g/mol. The fraction of sp³-hybridized carbons (Fsp3) is 0.333. The summed E-state index contributed by atoms with van der Waals surface area (Å²) in [6.45, 7) is 1.98. The van der Waals surface area contributed by atoms with Crippen LogP contribution in [0.3, 0.4) is 0 Å². The van der Waals surface area contributed by atoms with Crippen LogP contribution in [0.15, 0.2) is 91.0 Å². The van der Waals surface area contributed by atoms with Crippen LogP contribution in [0.25, 0.3) is 0 Å². The summed E-state index contributed by atoms with van der Waals surface area (Å²) < 4.78 is 30.6. The number of hydrogen-bond acceptors (Lipinski definition) is 5. The fourth-order valence-electron chi connectivity index (χ4n) is 4.12. The van der Waals surface area contributed by atoms with Gasteiger partial charge in [0.05, 0.1) is 26.4 Å². The van der Waals surface area contributed by atoms with Crippen molar-refractivity contribution in [1.29, 1.82) is 0 Å². The maximum Gasteiger partial charge on any atom is 0.187 e. The van der Waals surface area contributed by atoms with E-state index in [0.29, 0.717) is 26.4 Å². The summed E-state index contributed by atoms with van der Waals surface area (Å²) in [5.74, 6) is 0. The normalized spacial score (nSPS) is 26.4. The minimum Gasteiger partial charge on any atom is -0.374 e. The van der Waals surface area contributed by atoms with Gasteiger partial charge in [-0.1, -0.05) is 91.0 Å². The average molecular weight is 433 g/mol. The van der Waals surface area contributed by atoms with Crippen molar-refractivity contribution in [2.24, 2.45) is 0 Å². The first-order chi connectivity index (χ1) is 15.9. The van der Waals surface area contributed by atoms with Crippen molar-refractivity contribution in [3.05, 3.63) is 108 Å². The molecule has 0 radical (unpaired) electrons. The third kappa shape index (κ3) is 5.09. The van der Waals surface area contributed by atoms with Gasteiger partial charge in [-0.05, 0) is 16.7 Å². The summed E-state index contributed by atoms with van der Waals surface area (Å²) >= 11 is 0. The molecule has 3 aliphatic rings. The van der Waals surface area contributed by atoms with Crippen molar-refractivity contribution in [1.82, 2.24) is 0 Å². The SMILES string of the molecule is c1ccc(COC[C@H]2O[C@H]3O[C@@H]([C@H]2OCc2ccccc2)[C@H]3OCc2ccccc2)cc1. The monoisotopic (exact) mass is 432 g/mol. The zero-order chi connectivity index (χ0) is 21.6. The maximum atomic E-state index is 6.31. The summed E-state index contributed by atoms with van der Waals surface area (Å²) in [7, 11) is 0. The minimum atomic E-state index is -0.384. The van der Waals surface area contributed by atoms with E-state index >= 15 is 0 Å². The van der Waals surface area contributed by atoms with E-state index in [0.717, 1.165) is 16.7 Å². The molecule has 3 aromatic rings. The van der Waals surface area contributed by atoms with Gasteiger partial charge in [0.25, 0.3) is 0 Å². The molecule has 0 aromatic heterocycles. The lowest BCUT2D eigenvalue weighted by Gasteiger charge is -2.54. The van der Waals surface area contributed by atoms with Gasteiger partial charge in [-0.25, -0.2) is 0 Å². The van der Waals surface area contributed by atoms with Crippen molar-refractivity contribution in [2.75, 3.05) is 6.61 Å². The number of ether oxygens (including phenoxy) is 5. The van der Waals surface area contributed by atoms with Crippen molar-refractivity contribution in [3.63, 3.8) is 0 Å². The average Bonchev–Trinajstić information content (AvgIpc) is 2.85. The lowest BCUT2D eigenvalue weighted by Crippen LogP contribution is -2.71. The summed E-state index contributed by atoms with van der Waals surface area (Å²) in [6.07, 6.45) is -1.18. The Bertz CT molecular complexity index is 948. The van der Waals surface area contributed by atoms with Crippen molar-refractivity contribution in [2.45, 2.75) is 50.5 Å². The zero-order valence-electron chi connectivity index (χ0n) is 17.9. The molecule has 0 unspecified atom stereocenters. The van der Waals surface area contributed by atoms with Gasteiger partial charge < -0.3 is 23.7 Å². The van der Waals surface area contributed by atoms with Crippen LogP contribution in [0.1, 0.15) is 16.7 Å². The third-order valence-electron chi connectivity index (χ3n) is 5.85. The van der Waals surface area contributed by atoms with Gasteiger partial charge in [0.1, 0.15) is 24.4 Å². The van der Waals surface area contributed by atoms with E-state index in [1.807, 2.05) is 54.6 Å². The first-order valence-electron chi connectivity index (χ1n) is 11.1. The van der Waals surface area contributed by atoms with E-state index in [2.05, 4.69) is 36.4 Å². The van der Waals surface area contributed by atoms with Crippen LogP contribution in [0.2, 0.25) is 0 Å². The largest absolute Gasteiger partial charge is 0.374 e. The van der Waals surface area contributed by atoms with E-state index in [1.165, 1.54) is 0 Å².